The van der Waals surface area contributed by atoms with E-state index in [0.717, 1.165) is 0 Å². The second-order valence-corrected chi connectivity index (χ2v) is 2.56. The van der Waals surface area contributed by atoms with Gasteiger partial charge in [-0.2, -0.15) is 0 Å². The first kappa shape index (κ1) is 9.12. The summed E-state index contributed by atoms with van der Waals surface area (Å²) < 4.78 is 12.3. The van der Waals surface area contributed by atoms with Crippen molar-refractivity contribution in [2.24, 2.45) is 5.92 Å². The molecule has 1 atom stereocenters. The molecule has 0 N–H and O–H groups in total. The molecule has 0 fully saturated rings. The van der Waals surface area contributed by atoms with Crippen molar-refractivity contribution in [3.8, 4) is 0 Å². The number of alkyl halides is 1. The highest BCUT2D eigenvalue weighted by Gasteiger charge is 2.27. The molecule has 0 aromatic heterocycles. The van der Waals surface area contributed by atoms with Crippen molar-refractivity contribution in [2.45, 2.75) is 25.1 Å². The Morgan fingerprint density at radius 2 is 1.67 bits per heavy atom. The molecular formula is C5H8B3F. The van der Waals surface area contributed by atoms with E-state index in [4.69, 9.17) is 23.5 Å². The highest BCUT2D eigenvalue weighted by atomic mass is 19.1. The Morgan fingerprint density at radius 3 is 1.67 bits per heavy atom. The maximum atomic E-state index is 12.3. The summed E-state index contributed by atoms with van der Waals surface area (Å²) in [6, 6.07) is 0. The molecular weight excluding hydrogens is 111 g/mol. The molecule has 44 valence electrons. The van der Waals surface area contributed by atoms with Crippen molar-refractivity contribution in [3.05, 3.63) is 0 Å². The molecule has 0 aliphatic rings. The number of halogens is 1. The van der Waals surface area contributed by atoms with Gasteiger partial charge in [0.1, 0.15) is 7.85 Å². The highest BCUT2D eigenvalue weighted by molar-refractivity contribution is 6.43. The molecule has 9 heavy (non-hydrogen) atoms. The Labute approximate surface area is 59.8 Å². The molecule has 0 aromatic carbocycles. The standard InChI is InChI=1S/C5H8B3F/c1-3(2)5(7,8)4(6)9/h3-4H,1-2H3. The molecule has 0 nitrogen and oxygen atoms in total. The molecule has 4 heteroatoms. The van der Waals surface area contributed by atoms with Gasteiger partial charge in [0.05, 0.1) is 15.7 Å². The van der Waals surface area contributed by atoms with E-state index in [0.29, 0.717) is 0 Å². The Morgan fingerprint density at radius 1 is 1.33 bits per heavy atom. The van der Waals surface area contributed by atoms with E-state index in [1.165, 1.54) is 0 Å². The van der Waals surface area contributed by atoms with E-state index >= 15 is 0 Å². The molecule has 0 bridgehead atoms. The maximum absolute atomic E-state index is 12.3. The predicted molar refractivity (Wildman–Crippen MR) is 39.7 cm³/mol. The zero-order valence-corrected chi connectivity index (χ0v) is 5.76. The van der Waals surface area contributed by atoms with E-state index < -0.39 is 11.3 Å². The van der Waals surface area contributed by atoms with E-state index in [1.54, 1.807) is 13.8 Å². The van der Waals surface area contributed by atoms with Crippen molar-refractivity contribution in [3.63, 3.8) is 0 Å². The molecule has 6 radical (unpaired) electrons. The van der Waals surface area contributed by atoms with Crippen LogP contribution in [-0.4, -0.2) is 29.6 Å². The molecule has 0 rings (SSSR count). The van der Waals surface area contributed by atoms with Crippen LogP contribution in [-0.2, 0) is 0 Å². The Bertz CT molecular complexity index is 80.2. The molecule has 0 aliphatic heterocycles. The van der Waals surface area contributed by atoms with Crippen LogP contribution < -0.4 is 0 Å². The lowest BCUT2D eigenvalue weighted by molar-refractivity contribution is 0.345. The van der Waals surface area contributed by atoms with Crippen LogP contribution in [0.3, 0.4) is 0 Å². The molecule has 0 saturated heterocycles. The summed E-state index contributed by atoms with van der Waals surface area (Å²) >= 11 is 0. The first-order valence-corrected chi connectivity index (χ1v) is 2.86. The van der Waals surface area contributed by atoms with E-state index in [1.807, 2.05) is 0 Å². The summed E-state index contributed by atoms with van der Waals surface area (Å²) in [7, 11) is 15.4. The molecule has 0 aliphatic carbocycles. The second kappa shape index (κ2) is 2.81. The van der Waals surface area contributed by atoms with Gasteiger partial charge in [-0.05, 0) is 0 Å². The lowest BCUT2D eigenvalue weighted by Gasteiger charge is -2.32. The molecule has 0 spiro atoms. The van der Waals surface area contributed by atoms with E-state index in [2.05, 4.69) is 0 Å². The van der Waals surface area contributed by atoms with Gasteiger partial charge in [-0.25, -0.2) is 0 Å². The summed E-state index contributed by atoms with van der Waals surface area (Å²) in [6.07, 6.45) is -1.66. The largest absolute Gasteiger partial charge is 0.259 e. The monoisotopic (exact) mass is 120 g/mol. The second-order valence-electron chi connectivity index (χ2n) is 2.56. The van der Waals surface area contributed by atoms with Crippen LogP contribution in [0.25, 0.3) is 0 Å². The van der Waals surface area contributed by atoms with Gasteiger partial charge in [-0.1, -0.05) is 25.0 Å². The molecule has 1 unspecified atom stereocenters. The molecule has 0 amide bonds. The van der Waals surface area contributed by atoms with Gasteiger partial charge in [0, 0.05) is 6.07 Å². The Balaban J connectivity index is 4.01. The summed E-state index contributed by atoms with van der Waals surface area (Å²) in [5, 5.41) is -1.39. The average Bonchev–Trinajstić information content (AvgIpc) is 1.65. The van der Waals surface area contributed by atoms with Crippen molar-refractivity contribution in [1.29, 1.82) is 0 Å². The van der Waals surface area contributed by atoms with Gasteiger partial charge in [-0.15, -0.1) is 0 Å². The van der Waals surface area contributed by atoms with Crippen LogP contribution in [0.1, 0.15) is 13.8 Å². The van der Waals surface area contributed by atoms with Crippen molar-refractivity contribution >= 4 is 23.5 Å². The van der Waals surface area contributed by atoms with Crippen molar-refractivity contribution < 1.29 is 4.39 Å². The molecule has 0 saturated carbocycles. The third-order valence-corrected chi connectivity index (χ3v) is 1.48. The highest BCUT2D eigenvalue weighted by Crippen LogP contribution is 2.31. The third-order valence-electron chi connectivity index (χ3n) is 1.48. The minimum atomic E-state index is -1.66. The van der Waals surface area contributed by atoms with Gasteiger partial charge in [0.15, 0.2) is 0 Å². The quantitative estimate of drug-likeness (QED) is 0.466. The fourth-order valence-corrected chi connectivity index (χ4v) is 0.318. The first-order valence-electron chi connectivity index (χ1n) is 2.86. The zero-order chi connectivity index (χ0) is 7.65. The number of hydrogen-bond acceptors (Lipinski definition) is 0. The van der Waals surface area contributed by atoms with Crippen LogP contribution >= 0.6 is 0 Å². The minimum Gasteiger partial charge on any atom is -0.259 e. The van der Waals surface area contributed by atoms with Crippen molar-refractivity contribution in [1.82, 2.24) is 0 Å². The van der Waals surface area contributed by atoms with Gasteiger partial charge >= 0.3 is 0 Å². The maximum Gasteiger partial charge on any atom is 0.115 e. The number of rotatable bonds is 2. The van der Waals surface area contributed by atoms with Gasteiger partial charge in [0.2, 0.25) is 0 Å². The predicted octanol–water partition coefficient (Wildman–Crippen LogP) is 0.560. The SMILES string of the molecule is [B]C(F)C([B])([B])C(C)C. The summed E-state index contributed by atoms with van der Waals surface area (Å²) in [4.78, 5) is 0. The fourth-order valence-electron chi connectivity index (χ4n) is 0.318. The lowest BCUT2D eigenvalue weighted by atomic mass is 9.43. The van der Waals surface area contributed by atoms with E-state index in [-0.39, 0.29) is 5.92 Å². The topological polar surface area (TPSA) is 0 Å². The summed E-state index contributed by atoms with van der Waals surface area (Å²) in [5.74, 6) is -0.155. The average molecular weight is 120 g/mol. The number of hydrogen-bond donors (Lipinski definition) is 0. The lowest BCUT2D eigenvalue weighted by Crippen LogP contribution is -2.31. The van der Waals surface area contributed by atoms with E-state index in [9.17, 15) is 4.39 Å². The van der Waals surface area contributed by atoms with Gasteiger partial charge < -0.3 is 0 Å². The van der Waals surface area contributed by atoms with Gasteiger partial charge in [-0.3, -0.25) is 4.39 Å². The van der Waals surface area contributed by atoms with Crippen LogP contribution in [0.5, 0.6) is 0 Å². The van der Waals surface area contributed by atoms with Crippen LogP contribution in [0.4, 0.5) is 4.39 Å². The molecule has 0 aromatic rings. The van der Waals surface area contributed by atoms with Crippen LogP contribution in [0.2, 0.25) is 5.21 Å². The fraction of sp³-hybridized carbons (Fsp3) is 1.00. The van der Waals surface area contributed by atoms with Crippen LogP contribution in [0, 0.1) is 5.92 Å². The van der Waals surface area contributed by atoms with Crippen LogP contribution in [0.15, 0.2) is 0 Å². The molecule has 0 heterocycles. The zero-order valence-electron chi connectivity index (χ0n) is 5.76. The Hall–Kier alpha value is 0.125. The minimum absolute atomic E-state index is 0.155. The smallest absolute Gasteiger partial charge is 0.115 e. The summed E-state index contributed by atoms with van der Waals surface area (Å²) in [5.41, 5.74) is 0. The first-order chi connectivity index (χ1) is 3.89. The third kappa shape index (κ3) is 2.07. The normalized spacial score (nSPS) is 16.0. The van der Waals surface area contributed by atoms with Crippen molar-refractivity contribution in [2.75, 3.05) is 0 Å². The van der Waals surface area contributed by atoms with Gasteiger partial charge in [0.25, 0.3) is 0 Å². The summed E-state index contributed by atoms with van der Waals surface area (Å²) in [6.45, 7) is 3.44. The Kier molecular flexibility index (Phi) is 2.84.